The van der Waals surface area contributed by atoms with Gasteiger partial charge in [-0.15, -0.1) is 6.58 Å². The molecule has 1 amide bonds. The maximum absolute atomic E-state index is 13.6. The Kier molecular flexibility index (Phi) is 13.7. The predicted molar refractivity (Wildman–Crippen MR) is 213 cm³/mol. The molecule has 294 valence electrons. The number of carbonyl (C=O) groups is 1. The first-order chi connectivity index (χ1) is 26.9. The maximum atomic E-state index is 13.6. The summed E-state index contributed by atoms with van der Waals surface area (Å²) in [5.41, 5.74) is 4.95. The number of hydrogen-bond donors (Lipinski definition) is 2. The van der Waals surface area contributed by atoms with Gasteiger partial charge in [0.15, 0.2) is 0 Å². The molecule has 1 heterocycles. The Labute approximate surface area is 325 Å². The molecule has 0 spiro atoms. The average Bonchev–Trinajstić information content (AvgIpc) is 3.21. The number of aliphatic hydroxyl groups is 2. The highest BCUT2D eigenvalue weighted by Gasteiger charge is 2.65. The SMILES string of the molecule is C=CCO[C@@]12Oc3ccc(Oc4ccc(-c5ccccc5)cc4)cc3[C@H]3[C@H](CCCCO)[C@@H](CCCCO)C=C(C(=NOC)C[C@@H]1N(CCC)C(=O)OC)[C@H]32. The molecule has 55 heavy (non-hydrogen) atoms. The molecule has 0 radical (unpaired) electrons. The van der Waals surface area contributed by atoms with E-state index in [4.69, 9.17) is 23.8 Å². The molecule has 3 aliphatic rings. The van der Waals surface area contributed by atoms with Crippen LogP contribution in [0.5, 0.6) is 17.2 Å². The summed E-state index contributed by atoms with van der Waals surface area (Å²) in [6.45, 7) is 6.86. The molecule has 1 fully saturated rings. The van der Waals surface area contributed by atoms with Crippen molar-refractivity contribution in [3.63, 3.8) is 0 Å². The molecule has 3 aromatic rings. The monoisotopic (exact) mass is 752 g/mol. The lowest BCUT2D eigenvalue weighted by atomic mass is 9.55. The molecule has 0 bridgehead atoms. The summed E-state index contributed by atoms with van der Waals surface area (Å²) in [6, 6.07) is 23.7. The van der Waals surface area contributed by atoms with Gasteiger partial charge in [-0.3, -0.25) is 4.90 Å². The number of rotatable bonds is 18. The van der Waals surface area contributed by atoms with E-state index in [0.717, 1.165) is 53.7 Å². The van der Waals surface area contributed by atoms with E-state index >= 15 is 0 Å². The second kappa shape index (κ2) is 18.8. The fraction of sp³-hybridized carbons (Fsp3) is 0.467. The Morgan fingerprint density at radius 3 is 2.35 bits per heavy atom. The third-order valence-electron chi connectivity index (χ3n) is 11.3. The van der Waals surface area contributed by atoms with Crippen LogP contribution in [-0.2, 0) is 14.3 Å². The number of aliphatic hydroxyl groups excluding tert-OH is 2. The normalized spacial score (nSPS) is 24.5. The van der Waals surface area contributed by atoms with Gasteiger partial charge in [-0.25, -0.2) is 4.79 Å². The lowest BCUT2D eigenvalue weighted by Crippen LogP contribution is -2.70. The van der Waals surface area contributed by atoms with Crippen LogP contribution in [0.2, 0.25) is 0 Å². The summed E-state index contributed by atoms with van der Waals surface area (Å²) >= 11 is 0. The van der Waals surface area contributed by atoms with Gasteiger partial charge in [-0.2, -0.15) is 0 Å². The molecular formula is C45H56N2O8. The minimum Gasteiger partial charge on any atom is -0.459 e. The van der Waals surface area contributed by atoms with Crippen LogP contribution in [0.1, 0.15) is 69.8 Å². The zero-order valence-electron chi connectivity index (χ0n) is 32.4. The minimum atomic E-state index is -1.32. The molecule has 6 rings (SSSR count). The summed E-state index contributed by atoms with van der Waals surface area (Å²) in [7, 11) is 2.94. The topological polar surface area (TPSA) is 119 Å². The molecule has 6 atom stereocenters. The number of carbonyl (C=O) groups excluding carboxylic acids is 1. The number of fused-ring (bicyclic) bond motifs is 2. The molecule has 1 saturated carbocycles. The van der Waals surface area contributed by atoms with Crippen molar-refractivity contribution >= 4 is 11.8 Å². The number of allylic oxidation sites excluding steroid dienone is 1. The van der Waals surface area contributed by atoms with Gasteiger partial charge >= 0.3 is 6.09 Å². The molecule has 0 saturated heterocycles. The van der Waals surface area contributed by atoms with Gasteiger partial charge in [0.05, 0.1) is 25.3 Å². The van der Waals surface area contributed by atoms with E-state index in [1.807, 2.05) is 49.4 Å². The molecule has 10 nitrogen and oxygen atoms in total. The van der Waals surface area contributed by atoms with E-state index in [-0.39, 0.29) is 37.6 Å². The standard InChI is InChI=1S/C45H56N2O8/c1-5-24-47(44(50)51-3)41-30-39(46-52-4)37-28-33(16-10-12-25-48)36(17-11-13-26-49)42-38-29-35(22-23-40(38)55-45(41,43(37)42)53-27-6-2)54-34-20-18-32(19-21-34)31-14-8-7-9-15-31/h6-9,14-15,18-23,28-29,33,36,41-43,48-49H,2,5,10-13,16-17,24-27,30H2,1,3-4H3/t33-,36+,41-,42+,43+,45+/m0/s1. The Hall–Kier alpha value is -4.64. The van der Waals surface area contributed by atoms with Crippen molar-refractivity contribution in [1.29, 1.82) is 0 Å². The highest BCUT2D eigenvalue weighted by molar-refractivity contribution is 6.03. The smallest absolute Gasteiger partial charge is 0.409 e. The van der Waals surface area contributed by atoms with Crippen LogP contribution in [0, 0.1) is 17.8 Å². The molecule has 2 aliphatic carbocycles. The van der Waals surface area contributed by atoms with Gasteiger partial charge < -0.3 is 34.0 Å². The second-order valence-electron chi connectivity index (χ2n) is 14.6. The number of unbranched alkanes of at least 4 members (excludes halogenated alkanes) is 2. The Balaban J connectivity index is 1.52. The van der Waals surface area contributed by atoms with Crippen LogP contribution in [0.4, 0.5) is 4.79 Å². The van der Waals surface area contributed by atoms with Crippen LogP contribution in [0.3, 0.4) is 0 Å². The first-order valence-electron chi connectivity index (χ1n) is 19.7. The first kappa shape index (κ1) is 40.0. The lowest BCUT2D eigenvalue weighted by Gasteiger charge is -2.59. The van der Waals surface area contributed by atoms with Gasteiger partial charge in [0.2, 0.25) is 5.79 Å². The summed E-state index contributed by atoms with van der Waals surface area (Å²) in [6.07, 6.45) is 9.37. The Morgan fingerprint density at radius 1 is 0.964 bits per heavy atom. The quantitative estimate of drug-likeness (QED) is 0.0752. The van der Waals surface area contributed by atoms with Crippen LogP contribution in [-0.4, -0.2) is 79.3 Å². The van der Waals surface area contributed by atoms with E-state index < -0.39 is 23.8 Å². The van der Waals surface area contributed by atoms with Gasteiger partial charge in [0.25, 0.3) is 0 Å². The number of methoxy groups -OCH3 is 1. The van der Waals surface area contributed by atoms with Crippen molar-refractivity contribution in [2.45, 2.75) is 76.0 Å². The average molecular weight is 753 g/mol. The number of hydrogen-bond acceptors (Lipinski definition) is 9. The number of benzene rings is 3. The number of amides is 1. The predicted octanol–water partition coefficient (Wildman–Crippen LogP) is 8.89. The van der Waals surface area contributed by atoms with E-state index in [1.165, 1.54) is 7.11 Å². The summed E-state index contributed by atoms with van der Waals surface area (Å²) < 4.78 is 26.1. The van der Waals surface area contributed by atoms with Crippen molar-refractivity contribution in [3.05, 3.63) is 103 Å². The third-order valence-corrected chi connectivity index (χ3v) is 11.3. The molecule has 3 aromatic carbocycles. The highest BCUT2D eigenvalue weighted by atomic mass is 16.7. The second-order valence-corrected chi connectivity index (χ2v) is 14.6. The maximum Gasteiger partial charge on any atom is 0.409 e. The van der Waals surface area contributed by atoms with Gasteiger partial charge in [0, 0.05) is 37.7 Å². The van der Waals surface area contributed by atoms with Crippen molar-refractivity contribution in [2.75, 3.05) is 40.6 Å². The van der Waals surface area contributed by atoms with Crippen molar-refractivity contribution < 1.29 is 38.8 Å². The van der Waals surface area contributed by atoms with E-state index in [1.54, 1.807) is 18.1 Å². The number of nitrogens with zero attached hydrogens (tertiary/aromatic N) is 2. The summed E-state index contributed by atoms with van der Waals surface area (Å²) in [5, 5.41) is 24.3. The number of ether oxygens (including phenoxy) is 4. The third kappa shape index (κ3) is 8.47. The molecular weight excluding hydrogens is 697 g/mol. The summed E-state index contributed by atoms with van der Waals surface area (Å²) in [5.74, 6) is 0.418. The Bertz CT molecular complexity index is 1790. The van der Waals surface area contributed by atoms with E-state index in [2.05, 4.69) is 48.1 Å². The van der Waals surface area contributed by atoms with E-state index in [0.29, 0.717) is 49.5 Å². The lowest BCUT2D eigenvalue weighted by molar-refractivity contribution is -0.255. The molecule has 2 N–H and O–H groups in total. The molecule has 1 aliphatic heterocycles. The van der Waals surface area contributed by atoms with Gasteiger partial charge in [-0.1, -0.05) is 79.5 Å². The zero-order chi connectivity index (χ0) is 38.8. The number of oxime groups is 1. The fourth-order valence-corrected chi connectivity index (χ4v) is 9.04. The molecule has 0 unspecified atom stereocenters. The molecule has 0 aromatic heterocycles. The minimum absolute atomic E-state index is 0.106. The van der Waals surface area contributed by atoms with Crippen LogP contribution in [0.15, 0.2) is 102 Å². The first-order valence-corrected chi connectivity index (χ1v) is 19.7. The largest absolute Gasteiger partial charge is 0.459 e. The van der Waals surface area contributed by atoms with Crippen LogP contribution >= 0.6 is 0 Å². The van der Waals surface area contributed by atoms with Crippen molar-refractivity contribution in [1.82, 2.24) is 4.90 Å². The van der Waals surface area contributed by atoms with Crippen LogP contribution < -0.4 is 9.47 Å². The van der Waals surface area contributed by atoms with Crippen molar-refractivity contribution in [3.8, 4) is 28.4 Å². The Morgan fingerprint density at radius 2 is 1.67 bits per heavy atom. The van der Waals surface area contributed by atoms with E-state index in [9.17, 15) is 15.0 Å². The zero-order valence-corrected chi connectivity index (χ0v) is 32.4. The highest BCUT2D eigenvalue weighted by Crippen LogP contribution is 2.62. The van der Waals surface area contributed by atoms with Gasteiger partial charge in [-0.05, 0) is 91.0 Å². The van der Waals surface area contributed by atoms with Crippen molar-refractivity contribution in [2.24, 2.45) is 22.9 Å². The summed E-state index contributed by atoms with van der Waals surface area (Å²) in [4.78, 5) is 20.9. The van der Waals surface area contributed by atoms with Crippen LogP contribution in [0.25, 0.3) is 11.1 Å². The fourth-order valence-electron chi connectivity index (χ4n) is 9.04. The molecule has 10 heteroatoms. The van der Waals surface area contributed by atoms with Gasteiger partial charge in [0.1, 0.15) is 30.4 Å².